The van der Waals surface area contributed by atoms with Gasteiger partial charge in [-0.1, -0.05) is 60.7 Å². The average Bonchev–Trinajstić information content (AvgIpc) is 2.74. The van der Waals surface area contributed by atoms with Gasteiger partial charge in [0.2, 0.25) is 5.91 Å². The molecule has 1 aromatic heterocycles. The van der Waals surface area contributed by atoms with Gasteiger partial charge < -0.3 is 10.2 Å². The van der Waals surface area contributed by atoms with Gasteiger partial charge in [-0.2, -0.15) is 0 Å². The van der Waals surface area contributed by atoms with Crippen LogP contribution in [0.25, 0.3) is 33.2 Å². The topological polar surface area (TPSA) is 60.3 Å². The van der Waals surface area contributed by atoms with Crippen molar-refractivity contribution in [3.63, 3.8) is 0 Å². The van der Waals surface area contributed by atoms with E-state index in [2.05, 4.69) is 5.32 Å². The molecule has 0 aliphatic heterocycles. The van der Waals surface area contributed by atoms with Gasteiger partial charge in [0.1, 0.15) is 7.11 Å². The van der Waals surface area contributed by atoms with E-state index in [4.69, 9.17) is 4.84 Å². The maximum absolute atomic E-state index is 13.2. The van der Waals surface area contributed by atoms with E-state index in [0.29, 0.717) is 16.8 Å². The van der Waals surface area contributed by atoms with Crippen molar-refractivity contribution >= 4 is 22.4 Å². The predicted octanol–water partition coefficient (Wildman–Crippen LogP) is 4.35. The normalized spacial score (nSPS) is 10.7. The zero-order chi connectivity index (χ0) is 20.4. The number of nitrogens with zero attached hydrogens (tertiary/aromatic N) is 1. The third kappa shape index (κ3) is 3.38. The molecule has 0 atom stereocenters. The highest BCUT2D eigenvalue weighted by molar-refractivity contribution is 6.04. The molecule has 3 aromatic carbocycles. The third-order valence-electron chi connectivity index (χ3n) is 4.76. The lowest BCUT2D eigenvalue weighted by atomic mass is 9.93. The molecule has 0 bridgehead atoms. The van der Waals surface area contributed by atoms with Crippen molar-refractivity contribution in [2.24, 2.45) is 0 Å². The number of anilines is 1. The van der Waals surface area contributed by atoms with Gasteiger partial charge in [-0.15, -0.1) is 4.73 Å². The molecule has 0 saturated heterocycles. The number of pyridine rings is 1. The maximum atomic E-state index is 13.2. The highest BCUT2D eigenvalue weighted by atomic mass is 16.6. The van der Waals surface area contributed by atoms with Crippen molar-refractivity contribution in [1.82, 2.24) is 4.73 Å². The van der Waals surface area contributed by atoms with Gasteiger partial charge in [0.05, 0.1) is 11.1 Å². The monoisotopic (exact) mass is 384 g/mol. The number of aromatic nitrogens is 1. The number of hydrogen-bond donors (Lipinski definition) is 1. The molecule has 0 saturated carbocycles. The molecule has 0 aliphatic carbocycles. The van der Waals surface area contributed by atoms with Crippen LogP contribution in [0.15, 0.2) is 83.7 Å². The Morgan fingerprint density at radius 3 is 2.07 bits per heavy atom. The van der Waals surface area contributed by atoms with Crippen molar-refractivity contribution < 1.29 is 9.63 Å². The largest absolute Gasteiger partial charge is 0.413 e. The van der Waals surface area contributed by atoms with Crippen LogP contribution in [0, 0.1) is 0 Å². The van der Waals surface area contributed by atoms with Crippen LogP contribution in [-0.2, 0) is 4.79 Å². The highest BCUT2D eigenvalue weighted by Crippen LogP contribution is 2.37. The molecular weight excluding hydrogens is 364 g/mol. The van der Waals surface area contributed by atoms with Crippen LogP contribution in [0.3, 0.4) is 0 Å². The molecule has 4 rings (SSSR count). The Balaban J connectivity index is 2.19. The highest BCUT2D eigenvalue weighted by Gasteiger charge is 2.20. The van der Waals surface area contributed by atoms with E-state index in [0.717, 1.165) is 22.1 Å². The molecule has 0 spiro atoms. The van der Waals surface area contributed by atoms with Crippen LogP contribution < -0.4 is 15.7 Å². The number of rotatable bonds is 4. The number of carbonyl (C=O) groups is 1. The molecule has 29 heavy (non-hydrogen) atoms. The quantitative estimate of drug-likeness (QED) is 0.569. The van der Waals surface area contributed by atoms with Gasteiger partial charge in [-0.3, -0.25) is 9.59 Å². The van der Waals surface area contributed by atoms with Crippen LogP contribution in [-0.4, -0.2) is 17.7 Å². The zero-order valence-corrected chi connectivity index (χ0v) is 16.2. The van der Waals surface area contributed by atoms with Crippen molar-refractivity contribution in [3.05, 3.63) is 89.2 Å². The van der Waals surface area contributed by atoms with E-state index >= 15 is 0 Å². The van der Waals surface area contributed by atoms with Crippen molar-refractivity contribution in [2.75, 3.05) is 12.4 Å². The molecule has 0 unspecified atom stereocenters. The Bertz CT molecular complexity index is 1250. The van der Waals surface area contributed by atoms with E-state index in [9.17, 15) is 9.59 Å². The van der Waals surface area contributed by atoms with E-state index in [1.165, 1.54) is 18.8 Å². The molecule has 1 amide bonds. The first-order valence-corrected chi connectivity index (χ1v) is 9.26. The minimum absolute atomic E-state index is 0.167. The summed E-state index contributed by atoms with van der Waals surface area (Å²) in [5.74, 6) is -0.167. The summed E-state index contributed by atoms with van der Waals surface area (Å²) in [6.07, 6.45) is 0. The van der Waals surface area contributed by atoms with Gasteiger partial charge in [-0.25, -0.2) is 0 Å². The van der Waals surface area contributed by atoms with Crippen molar-refractivity contribution in [1.29, 1.82) is 0 Å². The van der Waals surface area contributed by atoms with E-state index in [1.54, 1.807) is 12.1 Å². The smallest absolute Gasteiger partial charge is 0.291 e. The first-order chi connectivity index (χ1) is 14.1. The lowest BCUT2D eigenvalue weighted by Crippen LogP contribution is -2.27. The van der Waals surface area contributed by atoms with Crippen LogP contribution in [0.2, 0.25) is 0 Å². The summed E-state index contributed by atoms with van der Waals surface area (Å²) in [4.78, 5) is 30.3. The first-order valence-electron chi connectivity index (χ1n) is 9.26. The van der Waals surface area contributed by atoms with Gasteiger partial charge >= 0.3 is 0 Å². The molecule has 4 aromatic rings. The predicted molar refractivity (Wildman–Crippen MR) is 116 cm³/mol. The fourth-order valence-corrected chi connectivity index (χ4v) is 3.59. The molecule has 5 nitrogen and oxygen atoms in total. The second kappa shape index (κ2) is 7.64. The minimum atomic E-state index is -0.254. The van der Waals surface area contributed by atoms with Gasteiger partial charge in [0.15, 0.2) is 0 Å². The summed E-state index contributed by atoms with van der Waals surface area (Å²) >= 11 is 0. The molecule has 0 aliphatic rings. The van der Waals surface area contributed by atoms with Gasteiger partial charge in [0.25, 0.3) is 5.56 Å². The van der Waals surface area contributed by atoms with E-state index in [1.807, 2.05) is 66.7 Å². The minimum Gasteiger partial charge on any atom is -0.413 e. The second-order valence-electron chi connectivity index (χ2n) is 6.68. The van der Waals surface area contributed by atoms with Crippen LogP contribution in [0.4, 0.5) is 5.69 Å². The van der Waals surface area contributed by atoms with Gasteiger partial charge in [0, 0.05) is 23.7 Å². The molecule has 1 N–H and O–H groups in total. The average molecular weight is 384 g/mol. The first kappa shape index (κ1) is 18.5. The fourth-order valence-electron chi connectivity index (χ4n) is 3.59. The summed E-state index contributed by atoms with van der Waals surface area (Å²) in [5.41, 5.74) is 3.71. The molecular formula is C24H20N2O3. The van der Waals surface area contributed by atoms with Crippen LogP contribution in [0.5, 0.6) is 0 Å². The Hall–Kier alpha value is -3.86. The summed E-state index contributed by atoms with van der Waals surface area (Å²) < 4.78 is 1.33. The molecule has 1 heterocycles. The lowest BCUT2D eigenvalue weighted by Gasteiger charge is -2.19. The van der Waals surface area contributed by atoms with Crippen LogP contribution >= 0.6 is 0 Å². The Morgan fingerprint density at radius 2 is 1.48 bits per heavy atom. The fraction of sp³-hybridized carbons (Fsp3) is 0.0833. The zero-order valence-electron chi connectivity index (χ0n) is 16.2. The van der Waals surface area contributed by atoms with E-state index < -0.39 is 0 Å². The Kier molecular flexibility index (Phi) is 4.87. The second-order valence-corrected chi connectivity index (χ2v) is 6.68. The molecule has 0 fully saturated rings. The third-order valence-corrected chi connectivity index (χ3v) is 4.76. The number of carbonyl (C=O) groups excluding carboxylic acids is 1. The Labute approximate surface area is 168 Å². The van der Waals surface area contributed by atoms with E-state index in [-0.39, 0.29) is 11.5 Å². The van der Waals surface area contributed by atoms with Crippen molar-refractivity contribution in [2.45, 2.75) is 6.92 Å². The number of benzene rings is 3. The standard InChI is InChI=1S/C24H20N2O3/c1-16(27)25-19-13-14-20-21(15-19)22(17-9-5-3-6-10-17)23(26(29-2)24(20)28)18-11-7-4-8-12-18/h3-15H,1-2H3,(H,25,27). The molecule has 5 heteroatoms. The number of nitrogens with one attached hydrogen (secondary N) is 1. The summed E-state index contributed by atoms with van der Waals surface area (Å²) in [6.45, 7) is 1.46. The lowest BCUT2D eigenvalue weighted by molar-refractivity contribution is -0.114. The molecule has 0 radical (unpaired) electrons. The summed E-state index contributed by atoms with van der Waals surface area (Å²) in [6, 6.07) is 24.8. The maximum Gasteiger partial charge on any atom is 0.291 e. The Morgan fingerprint density at radius 1 is 0.862 bits per heavy atom. The summed E-state index contributed by atoms with van der Waals surface area (Å²) in [5, 5.41) is 4.07. The SMILES string of the molecule is COn1c(-c2ccccc2)c(-c2ccccc2)c2cc(NC(C)=O)ccc2c1=O. The van der Waals surface area contributed by atoms with Gasteiger partial charge in [-0.05, 0) is 29.1 Å². The van der Waals surface area contributed by atoms with Crippen molar-refractivity contribution in [3.8, 4) is 22.4 Å². The summed E-state index contributed by atoms with van der Waals surface area (Å²) in [7, 11) is 1.49. The number of hydrogen-bond acceptors (Lipinski definition) is 3. The molecule has 144 valence electrons. The van der Waals surface area contributed by atoms with Crippen LogP contribution in [0.1, 0.15) is 6.92 Å². The number of fused-ring (bicyclic) bond motifs is 1. The number of amides is 1.